The van der Waals surface area contributed by atoms with E-state index in [-0.39, 0.29) is 0 Å². The summed E-state index contributed by atoms with van der Waals surface area (Å²) in [5.41, 5.74) is 5.33. The standard InChI is InChI=1S/C48H26N2/c49-27-35-23-43-44(24-36(35)28-50)46-26-42(34-20-18-30-10-2-4-12-32(30)22-34)38-14-6-8-16-40(38)48(46)47-39-15-7-5-13-37(39)41(25-45(43)47)33-19-17-29-9-1-3-11-31(29)21-33/h1-26H. The fourth-order valence-corrected chi connectivity index (χ4v) is 8.14. The number of rotatable bonds is 2. The average molecular weight is 631 g/mol. The monoisotopic (exact) mass is 630 g/mol. The van der Waals surface area contributed by atoms with Gasteiger partial charge in [0.05, 0.1) is 11.1 Å². The summed E-state index contributed by atoms with van der Waals surface area (Å²) in [6.07, 6.45) is 0. The van der Waals surface area contributed by atoms with Crippen LogP contribution in [0.4, 0.5) is 0 Å². The molecule has 228 valence electrons. The zero-order valence-electron chi connectivity index (χ0n) is 26.9. The van der Waals surface area contributed by atoms with Crippen LogP contribution in [-0.2, 0) is 0 Å². The molecule has 0 saturated heterocycles. The van der Waals surface area contributed by atoms with Crippen LogP contribution in [0, 0.1) is 22.7 Å². The van der Waals surface area contributed by atoms with Crippen LogP contribution in [-0.4, -0.2) is 0 Å². The normalized spacial score (nSPS) is 11.6. The molecule has 0 atom stereocenters. The van der Waals surface area contributed by atoms with E-state index in [4.69, 9.17) is 0 Å². The zero-order valence-corrected chi connectivity index (χ0v) is 26.9. The van der Waals surface area contributed by atoms with Gasteiger partial charge in [0, 0.05) is 0 Å². The molecule has 0 spiro atoms. The summed E-state index contributed by atoms with van der Waals surface area (Å²) in [5.74, 6) is 0. The summed E-state index contributed by atoms with van der Waals surface area (Å²) in [6.45, 7) is 0. The van der Waals surface area contributed by atoms with Crippen LogP contribution < -0.4 is 0 Å². The van der Waals surface area contributed by atoms with Crippen molar-refractivity contribution in [3.05, 3.63) is 169 Å². The van der Waals surface area contributed by atoms with Gasteiger partial charge < -0.3 is 0 Å². The van der Waals surface area contributed by atoms with E-state index in [1.807, 2.05) is 12.1 Å². The molecule has 0 fully saturated rings. The topological polar surface area (TPSA) is 47.6 Å². The van der Waals surface area contributed by atoms with Gasteiger partial charge in [0.15, 0.2) is 0 Å². The van der Waals surface area contributed by atoms with Gasteiger partial charge in [-0.25, -0.2) is 0 Å². The predicted molar refractivity (Wildman–Crippen MR) is 209 cm³/mol. The minimum Gasteiger partial charge on any atom is -0.192 e. The predicted octanol–water partition coefficient (Wildman–Crippen LogP) is 12.8. The molecule has 0 heterocycles. The first-order valence-corrected chi connectivity index (χ1v) is 16.8. The van der Waals surface area contributed by atoms with Gasteiger partial charge in [-0.3, -0.25) is 0 Å². The maximum Gasteiger partial charge on any atom is 0.101 e. The molecule has 0 aliphatic carbocycles. The van der Waals surface area contributed by atoms with Gasteiger partial charge >= 0.3 is 0 Å². The lowest BCUT2D eigenvalue weighted by molar-refractivity contribution is 1.45. The molecule has 0 unspecified atom stereocenters. The Morgan fingerprint density at radius 3 is 1.10 bits per heavy atom. The number of nitriles is 2. The Morgan fingerprint density at radius 2 is 0.680 bits per heavy atom. The van der Waals surface area contributed by atoms with Gasteiger partial charge in [-0.2, -0.15) is 10.5 Å². The van der Waals surface area contributed by atoms with Crippen LogP contribution >= 0.6 is 0 Å². The Labute approximate surface area is 288 Å². The lowest BCUT2D eigenvalue weighted by Crippen LogP contribution is -1.93. The van der Waals surface area contributed by atoms with Crippen LogP contribution in [0.3, 0.4) is 0 Å². The number of benzene rings is 10. The van der Waals surface area contributed by atoms with E-state index in [0.717, 1.165) is 65.3 Å². The van der Waals surface area contributed by atoms with Crippen LogP contribution in [0.1, 0.15) is 11.1 Å². The SMILES string of the molecule is N#Cc1cc2c(cc1C#N)c1cc(-c3ccc4ccccc4c3)c3ccccc3c1c1c3ccccc3c(-c3ccc4ccccc4c3)cc21. The minimum absolute atomic E-state index is 0.386. The summed E-state index contributed by atoms with van der Waals surface area (Å²) in [7, 11) is 0. The number of nitrogens with zero attached hydrogens (tertiary/aromatic N) is 2. The molecule has 2 nitrogen and oxygen atoms in total. The summed E-state index contributed by atoms with van der Waals surface area (Å²) in [6, 6.07) is 60.7. The highest BCUT2D eigenvalue weighted by atomic mass is 14.3. The van der Waals surface area contributed by atoms with Crippen LogP contribution in [0.15, 0.2) is 158 Å². The smallest absolute Gasteiger partial charge is 0.101 e. The van der Waals surface area contributed by atoms with Crippen molar-refractivity contribution in [2.24, 2.45) is 0 Å². The molecule has 50 heavy (non-hydrogen) atoms. The number of hydrogen-bond donors (Lipinski definition) is 0. The van der Waals surface area contributed by atoms with E-state index < -0.39 is 0 Å². The van der Waals surface area contributed by atoms with E-state index in [0.29, 0.717) is 11.1 Å². The quantitative estimate of drug-likeness (QED) is 0.178. The van der Waals surface area contributed by atoms with Crippen molar-refractivity contribution in [3.63, 3.8) is 0 Å². The average Bonchev–Trinajstić information content (AvgIpc) is 3.19. The summed E-state index contributed by atoms with van der Waals surface area (Å²) < 4.78 is 0. The van der Waals surface area contributed by atoms with Gasteiger partial charge in [-0.05, 0) is 134 Å². The van der Waals surface area contributed by atoms with Crippen molar-refractivity contribution in [2.45, 2.75) is 0 Å². The largest absolute Gasteiger partial charge is 0.192 e. The van der Waals surface area contributed by atoms with E-state index >= 15 is 0 Å². The Bertz CT molecular complexity index is 2960. The fraction of sp³-hybridized carbons (Fsp3) is 0. The van der Waals surface area contributed by atoms with Gasteiger partial charge in [-0.15, -0.1) is 0 Å². The van der Waals surface area contributed by atoms with Crippen molar-refractivity contribution in [1.82, 2.24) is 0 Å². The lowest BCUT2D eigenvalue weighted by atomic mass is 9.83. The van der Waals surface area contributed by atoms with E-state index in [2.05, 4.69) is 158 Å². The molecule has 10 aromatic rings. The second-order valence-corrected chi connectivity index (χ2v) is 13.1. The Balaban J connectivity index is 1.43. The molecule has 10 rings (SSSR count). The highest BCUT2D eigenvalue weighted by molar-refractivity contribution is 6.38. The fourth-order valence-electron chi connectivity index (χ4n) is 8.14. The minimum atomic E-state index is 0.386. The third-order valence-electron chi connectivity index (χ3n) is 10.4. The van der Waals surface area contributed by atoms with Crippen molar-refractivity contribution >= 4 is 75.4 Å². The van der Waals surface area contributed by atoms with Crippen LogP contribution in [0.5, 0.6) is 0 Å². The Morgan fingerprint density at radius 1 is 0.300 bits per heavy atom. The first-order chi connectivity index (χ1) is 24.7. The first-order valence-electron chi connectivity index (χ1n) is 16.8. The molecule has 0 saturated carbocycles. The molecule has 0 N–H and O–H groups in total. The molecule has 10 aromatic carbocycles. The van der Waals surface area contributed by atoms with Gasteiger partial charge in [0.1, 0.15) is 12.1 Å². The highest BCUT2D eigenvalue weighted by Crippen LogP contribution is 2.47. The molecular formula is C48H26N2. The highest BCUT2D eigenvalue weighted by Gasteiger charge is 2.20. The maximum absolute atomic E-state index is 10.2. The molecule has 2 heteroatoms. The van der Waals surface area contributed by atoms with E-state index in [9.17, 15) is 10.5 Å². The van der Waals surface area contributed by atoms with Crippen molar-refractivity contribution in [1.29, 1.82) is 10.5 Å². The Hall–Kier alpha value is -7.00. The second-order valence-electron chi connectivity index (χ2n) is 13.1. The maximum atomic E-state index is 10.2. The van der Waals surface area contributed by atoms with E-state index in [1.165, 1.54) is 32.3 Å². The lowest BCUT2D eigenvalue weighted by Gasteiger charge is -2.20. The summed E-state index contributed by atoms with van der Waals surface area (Å²) in [5, 5.41) is 36.3. The molecule has 0 aromatic heterocycles. The van der Waals surface area contributed by atoms with Crippen LogP contribution in [0.25, 0.3) is 97.7 Å². The van der Waals surface area contributed by atoms with Gasteiger partial charge in [0.25, 0.3) is 0 Å². The molecule has 0 amide bonds. The van der Waals surface area contributed by atoms with Crippen LogP contribution in [0.2, 0.25) is 0 Å². The number of fused-ring (bicyclic) bond motifs is 12. The molecule has 0 aliphatic heterocycles. The van der Waals surface area contributed by atoms with Crippen molar-refractivity contribution in [3.8, 4) is 34.4 Å². The molecule has 0 bridgehead atoms. The van der Waals surface area contributed by atoms with Gasteiger partial charge in [0.2, 0.25) is 0 Å². The molecule has 0 aliphatic rings. The third-order valence-corrected chi connectivity index (χ3v) is 10.4. The van der Waals surface area contributed by atoms with Crippen molar-refractivity contribution in [2.75, 3.05) is 0 Å². The Kier molecular flexibility index (Phi) is 6.04. The number of hydrogen-bond acceptors (Lipinski definition) is 2. The molecule has 0 radical (unpaired) electrons. The first kappa shape index (κ1) is 28.1. The summed E-state index contributed by atoms with van der Waals surface area (Å²) in [4.78, 5) is 0. The summed E-state index contributed by atoms with van der Waals surface area (Å²) >= 11 is 0. The third kappa shape index (κ3) is 4.07. The van der Waals surface area contributed by atoms with Gasteiger partial charge in [-0.1, -0.05) is 121 Å². The van der Waals surface area contributed by atoms with Crippen molar-refractivity contribution < 1.29 is 0 Å². The van der Waals surface area contributed by atoms with E-state index in [1.54, 1.807) is 0 Å². The zero-order chi connectivity index (χ0) is 33.3. The second kappa shape index (κ2) is 10.8. The molecular weight excluding hydrogens is 605 g/mol.